The van der Waals surface area contributed by atoms with Crippen LogP contribution in [0.25, 0.3) is 0 Å². The highest BCUT2D eigenvalue weighted by Crippen LogP contribution is 2.40. The summed E-state index contributed by atoms with van der Waals surface area (Å²) in [5.74, 6) is 0.358. The van der Waals surface area contributed by atoms with Crippen molar-refractivity contribution in [3.8, 4) is 0 Å². The molecule has 2 aliphatic rings. The molecular weight excluding hydrogens is 150 g/mol. The Morgan fingerprint density at radius 3 is 2.33 bits per heavy atom. The molecule has 1 saturated carbocycles. The topological polar surface area (TPSA) is 20.3 Å². The van der Waals surface area contributed by atoms with Crippen molar-refractivity contribution in [2.75, 3.05) is 7.05 Å². The number of hydrogen-bond acceptors (Lipinski definition) is 1. The van der Waals surface area contributed by atoms with Crippen molar-refractivity contribution in [2.45, 2.75) is 50.5 Å². The maximum Gasteiger partial charge on any atom is 0.222 e. The fourth-order valence-electron chi connectivity index (χ4n) is 2.73. The van der Waals surface area contributed by atoms with E-state index in [1.807, 2.05) is 11.9 Å². The Morgan fingerprint density at radius 2 is 1.83 bits per heavy atom. The zero-order valence-electron chi connectivity index (χ0n) is 7.81. The molecule has 68 valence electrons. The number of carbonyl (C=O) groups is 1. The lowest BCUT2D eigenvalue weighted by atomic mass is 9.80. The summed E-state index contributed by atoms with van der Waals surface area (Å²) < 4.78 is 0. The Kier molecular flexibility index (Phi) is 1.85. The van der Waals surface area contributed by atoms with Gasteiger partial charge in [0.25, 0.3) is 0 Å². The van der Waals surface area contributed by atoms with Gasteiger partial charge in [0.05, 0.1) is 0 Å². The Hall–Kier alpha value is -0.530. The fraction of sp³-hybridized carbons (Fsp3) is 0.900. The summed E-state index contributed by atoms with van der Waals surface area (Å²) >= 11 is 0. The summed E-state index contributed by atoms with van der Waals surface area (Å²) in [7, 11) is 1.99. The molecule has 1 spiro atoms. The van der Waals surface area contributed by atoms with E-state index in [0.29, 0.717) is 5.91 Å². The van der Waals surface area contributed by atoms with E-state index in [9.17, 15) is 4.79 Å². The van der Waals surface area contributed by atoms with E-state index in [4.69, 9.17) is 0 Å². The maximum absolute atomic E-state index is 11.4. The summed E-state index contributed by atoms with van der Waals surface area (Å²) in [5.41, 5.74) is 0.287. The van der Waals surface area contributed by atoms with Gasteiger partial charge in [-0.05, 0) is 19.3 Å². The second-order valence-corrected chi connectivity index (χ2v) is 4.24. The first-order valence-corrected chi connectivity index (χ1v) is 5.01. The van der Waals surface area contributed by atoms with Crippen LogP contribution in [0.1, 0.15) is 44.9 Å². The van der Waals surface area contributed by atoms with Gasteiger partial charge in [-0.25, -0.2) is 0 Å². The lowest BCUT2D eigenvalue weighted by Crippen LogP contribution is -2.44. The molecule has 0 aromatic heterocycles. The monoisotopic (exact) mass is 167 g/mol. The molecule has 0 aromatic rings. The average Bonchev–Trinajstić information content (AvgIpc) is 2.37. The van der Waals surface area contributed by atoms with Crippen LogP contribution in [0.3, 0.4) is 0 Å². The minimum Gasteiger partial charge on any atom is -0.340 e. The molecule has 0 N–H and O–H groups in total. The van der Waals surface area contributed by atoms with E-state index >= 15 is 0 Å². The fourth-order valence-corrected chi connectivity index (χ4v) is 2.73. The van der Waals surface area contributed by atoms with Crippen LogP contribution in [0.5, 0.6) is 0 Å². The van der Waals surface area contributed by atoms with Gasteiger partial charge in [-0.1, -0.05) is 19.3 Å². The first kappa shape index (κ1) is 8.09. The van der Waals surface area contributed by atoms with Crippen LogP contribution in [-0.2, 0) is 4.79 Å². The summed E-state index contributed by atoms with van der Waals surface area (Å²) in [6.45, 7) is 0. The molecule has 12 heavy (non-hydrogen) atoms. The molecule has 1 aliphatic carbocycles. The molecule has 0 radical (unpaired) electrons. The number of nitrogens with zero attached hydrogens (tertiary/aromatic N) is 1. The number of rotatable bonds is 0. The highest BCUT2D eigenvalue weighted by molar-refractivity contribution is 5.79. The molecule has 2 fully saturated rings. The third-order valence-electron chi connectivity index (χ3n) is 3.67. The van der Waals surface area contributed by atoms with Gasteiger partial charge in [0, 0.05) is 19.0 Å². The zero-order chi connectivity index (χ0) is 8.60. The van der Waals surface area contributed by atoms with Crippen molar-refractivity contribution in [3.63, 3.8) is 0 Å². The number of hydrogen-bond donors (Lipinski definition) is 0. The second kappa shape index (κ2) is 2.75. The molecule has 1 heterocycles. The smallest absolute Gasteiger partial charge is 0.222 e. The van der Waals surface area contributed by atoms with Gasteiger partial charge in [0.15, 0.2) is 0 Å². The SMILES string of the molecule is CN1C(=O)CCC12CCCCC2. The third-order valence-corrected chi connectivity index (χ3v) is 3.67. The highest BCUT2D eigenvalue weighted by atomic mass is 16.2. The first-order chi connectivity index (χ1) is 5.75. The predicted molar refractivity (Wildman–Crippen MR) is 47.8 cm³/mol. The molecule has 1 amide bonds. The standard InChI is InChI=1S/C10H17NO/c1-11-9(12)5-8-10(11)6-3-2-4-7-10/h2-8H2,1H3. The molecule has 0 atom stereocenters. The van der Waals surface area contributed by atoms with E-state index in [0.717, 1.165) is 12.8 Å². The van der Waals surface area contributed by atoms with E-state index in [1.165, 1.54) is 32.1 Å². The van der Waals surface area contributed by atoms with E-state index < -0.39 is 0 Å². The van der Waals surface area contributed by atoms with Crippen molar-refractivity contribution in [2.24, 2.45) is 0 Å². The first-order valence-electron chi connectivity index (χ1n) is 5.01. The quantitative estimate of drug-likeness (QED) is 0.540. The highest BCUT2D eigenvalue weighted by Gasteiger charge is 2.43. The van der Waals surface area contributed by atoms with Crippen LogP contribution in [0, 0.1) is 0 Å². The van der Waals surface area contributed by atoms with Gasteiger partial charge in [-0.2, -0.15) is 0 Å². The largest absolute Gasteiger partial charge is 0.340 e. The third kappa shape index (κ3) is 1.05. The number of amides is 1. The Morgan fingerprint density at radius 1 is 1.17 bits per heavy atom. The van der Waals surface area contributed by atoms with Crippen molar-refractivity contribution in [1.29, 1.82) is 0 Å². The minimum atomic E-state index is 0.287. The predicted octanol–water partition coefficient (Wildman–Crippen LogP) is 1.94. The number of carbonyl (C=O) groups excluding carboxylic acids is 1. The van der Waals surface area contributed by atoms with Crippen LogP contribution < -0.4 is 0 Å². The van der Waals surface area contributed by atoms with Gasteiger partial charge in [0.1, 0.15) is 0 Å². The molecule has 2 heteroatoms. The Balaban J connectivity index is 2.14. The molecule has 1 aliphatic heterocycles. The summed E-state index contributed by atoms with van der Waals surface area (Å²) in [4.78, 5) is 13.4. The summed E-state index contributed by atoms with van der Waals surface area (Å²) in [6, 6.07) is 0. The summed E-state index contributed by atoms with van der Waals surface area (Å²) in [5, 5.41) is 0. The van der Waals surface area contributed by atoms with Gasteiger partial charge >= 0.3 is 0 Å². The van der Waals surface area contributed by atoms with Crippen LogP contribution in [-0.4, -0.2) is 23.4 Å². The van der Waals surface area contributed by atoms with Gasteiger partial charge in [-0.3, -0.25) is 4.79 Å². The van der Waals surface area contributed by atoms with E-state index in [-0.39, 0.29) is 5.54 Å². The minimum absolute atomic E-state index is 0.287. The molecule has 0 unspecified atom stereocenters. The Bertz CT molecular complexity index is 194. The normalized spacial score (nSPS) is 28.4. The molecule has 0 aromatic carbocycles. The molecule has 2 rings (SSSR count). The number of likely N-dealkylation sites (tertiary alicyclic amines) is 1. The van der Waals surface area contributed by atoms with Gasteiger partial charge < -0.3 is 4.90 Å². The average molecular weight is 167 g/mol. The summed E-state index contributed by atoms with van der Waals surface area (Å²) in [6.07, 6.45) is 8.39. The molecule has 2 nitrogen and oxygen atoms in total. The van der Waals surface area contributed by atoms with E-state index in [1.54, 1.807) is 0 Å². The maximum atomic E-state index is 11.4. The molecule has 1 saturated heterocycles. The lowest BCUT2D eigenvalue weighted by Gasteiger charge is -2.39. The van der Waals surface area contributed by atoms with Crippen LogP contribution >= 0.6 is 0 Å². The molecule has 0 bridgehead atoms. The van der Waals surface area contributed by atoms with Crippen molar-refractivity contribution < 1.29 is 4.79 Å². The van der Waals surface area contributed by atoms with E-state index in [2.05, 4.69) is 0 Å². The van der Waals surface area contributed by atoms with Crippen LogP contribution in [0.15, 0.2) is 0 Å². The van der Waals surface area contributed by atoms with Gasteiger partial charge in [0.2, 0.25) is 5.91 Å². The van der Waals surface area contributed by atoms with Gasteiger partial charge in [-0.15, -0.1) is 0 Å². The van der Waals surface area contributed by atoms with Crippen molar-refractivity contribution in [1.82, 2.24) is 4.90 Å². The molecular formula is C10H17NO. The van der Waals surface area contributed by atoms with Crippen molar-refractivity contribution >= 4 is 5.91 Å². The van der Waals surface area contributed by atoms with Crippen molar-refractivity contribution in [3.05, 3.63) is 0 Å². The van der Waals surface area contributed by atoms with Crippen LogP contribution in [0.4, 0.5) is 0 Å². The zero-order valence-corrected chi connectivity index (χ0v) is 7.81. The Labute approximate surface area is 73.9 Å². The lowest BCUT2D eigenvalue weighted by molar-refractivity contribution is -0.130. The van der Waals surface area contributed by atoms with Crippen LogP contribution in [0.2, 0.25) is 0 Å². The second-order valence-electron chi connectivity index (χ2n) is 4.24.